The molecule has 4 nitrogen and oxygen atoms in total. The van der Waals surface area contributed by atoms with Gasteiger partial charge in [-0.05, 0) is 33.1 Å². The SMILES string of the molecule is COC(=O)C(C)C(CC(C)C)C(=O)OC(C)(C)C. The van der Waals surface area contributed by atoms with Crippen molar-refractivity contribution in [1.82, 2.24) is 0 Å². The fourth-order valence-corrected chi connectivity index (χ4v) is 1.74. The molecule has 0 aliphatic heterocycles. The Morgan fingerprint density at radius 1 is 1.06 bits per heavy atom. The minimum atomic E-state index is -0.540. The van der Waals surface area contributed by atoms with Crippen LogP contribution >= 0.6 is 0 Å². The highest BCUT2D eigenvalue weighted by atomic mass is 16.6. The van der Waals surface area contributed by atoms with Gasteiger partial charge in [0.15, 0.2) is 0 Å². The third-order valence-electron chi connectivity index (χ3n) is 2.61. The Kier molecular flexibility index (Phi) is 6.36. The molecule has 0 spiro atoms. The molecule has 0 rings (SSSR count). The van der Waals surface area contributed by atoms with Gasteiger partial charge in [-0.2, -0.15) is 0 Å². The van der Waals surface area contributed by atoms with E-state index in [1.807, 2.05) is 34.6 Å². The maximum atomic E-state index is 12.1. The molecule has 0 aromatic carbocycles. The Labute approximate surface area is 110 Å². The molecule has 0 N–H and O–H groups in total. The van der Waals surface area contributed by atoms with Gasteiger partial charge in [-0.1, -0.05) is 20.8 Å². The fraction of sp³-hybridized carbons (Fsp3) is 0.857. The summed E-state index contributed by atoms with van der Waals surface area (Å²) < 4.78 is 10.1. The minimum Gasteiger partial charge on any atom is -0.469 e. The third kappa shape index (κ3) is 6.03. The van der Waals surface area contributed by atoms with E-state index in [-0.39, 0.29) is 11.9 Å². The molecule has 0 bridgehead atoms. The molecule has 0 radical (unpaired) electrons. The van der Waals surface area contributed by atoms with E-state index in [1.54, 1.807) is 6.92 Å². The van der Waals surface area contributed by atoms with Crippen LogP contribution < -0.4 is 0 Å². The Balaban J connectivity index is 4.88. The Hall–Kier alpha value is -1.06. The molecule has 0 saturated heterocycles. The highest BCUT2D eigenvalue weighted by Gasteiger charge is 2.34. The van der Waals surface area contributed by atoms with Crippen molar-refractivity contribution in [2.75, 3.05) is 7.11 Å². The Morgan fingerprint density at radius 3 is 1.89 bits per heavy atom. The summed E-state index contributed by atoms with van der Waals surface area (Å²) in [6, 6.07) is 0. The number of carbonyl (C=O) groups excluding carboxylic acids is 2. The number of carbonyl (C=O) groups is 2. The highest BCUT2D eigenvalue weighted by molar-refractivity contribution is 5.81. The molecule has 0 aliphatic carbocycles. The number of methoxy groups -OCH3 is 1. The topological polar surface area (TPSA) is 52.6 Å². The van der Waals surface area contributed by atoms with Crippen molar-refractivity contribution in [3.63, 3.8) is 0 Å². The van der Waals surface area contributed by atoms with Gasteiger partial charge in [-0.15, -0.1) is 0 Å². The van der Waals surface area contributed by atoms with Crippen LogP contribution in [0.25, 0.3) is 0 Å². The zero-order valence-electron chi connectivity index (χ0n) is 12.6. The van der Waals surface area contributed by atoms with Crippen LogP contribution in [0.5, 0.6) is 0 Å². The summed E-state index contributed by atoms with van der Waals surface area (Å²) in [5.74, 6) is -1.31. The lowest BCUT2D eigenvalue weighted by Gasteiger charge is -2.27. The maximum absolute atomic E-state index is 12.1. The number of esters is 2. The van der Waals surface area contributed by atoms with Gasteiger partial charge in [0, 0.05) is 0 Å². The second kappa shape index (κ2) is 6.76. The van der Waals surface area contributed by atoms with Gasteiger partial charge in [-0.3, -0.25) is 9.59 Å². The van der Waals surface area contributed by atoms with Gasteiger partial charge in [0.05, 0.1) is 18.9 Å². The molecule has 106 valence electrons. The van der Waals surface area contributed by atoms with Gasteiger partial charge in [0.25, 0.3) is 0 Å². The van der Waals surface area contributed by atoms with Crippen molar-refractivity contribution in [2.45, 2.75) is 53.6 Å². The zero-order valence-corrected chi connectivity index (χ0v) is 12.6. The Bertz CT molecular complexity index is 289. The summed E-state index contributed by atoms with van der Waals surface area (Å²) in [7, 11) is 1.33. The van der Waals surface area contributed by atoms with E-state index in [9.17, 15) is 9.59 Å². The average molecular weight is 258 g/mol. The molecular weight excluding hydrogens is 232 g/mol. The van der Waals surface area contributed by atoms with Crippen LogP contribution in [0.3, 0.4) is 0 Å². The predicted octanol–water partition coefficient (Wildman–Crippen LogP) is 2.80. The first-order chi connectivity index (χ1) is 8.08. The summed E-state index contributed by atoms with van der Waals surface area (Å²) in [5, 5.41) is 0. The van der Waals surface area contributed by atoms with E-state index in [4.69, 9.17) is 9.47 Å². The van der Waals surface area contributed by atoms with Crippen LogP contribution in [0, 0.1) is 17.8 Å². The van der Waals surface area contributed by atoms with Crippen LogP contribution in [0.2, 0.25) is 0 Å². The van der Waals surface area contributed by atoms with E-state index in [2.05, 4.69) is 0 Å². The molecule has 4 heteroatoms. The monoisotopic (exact) mass is 258 g/mol. The molecular formula is C14H26O4. The first-order valence-electron chi connectivity index (χ1n) is 6.39. The van der Waals surface area contributed by atoms with E-state index < -0.39 is 17.4 Å². The quantitative estimate of drug-likeness (QED) is 0.711. The lowest BCUT2D eigenvalue weighted by molar-refractivity contribution is -0.167. The molecule has 18 heavy (non-hydrogen) atoms. The largest absolute Gasteiger partial charge is 0.469 e. The normalized spacial score (nSPS) is 15.1. The highest BCUT2D eigenvalue weighted by Crippen LogP contribution is 2.25. The second-order valence-corrected chi connectivity index (χ2v) is 6.08. The summed E-state index contributed by atoms with van der Waals surface area (Å²) in [4.78, 5) is 23.7. The third-order valence-corrected chi connectivity index (χ3v) is 2.61. The number of hydrogen-bond acceptors (Lipinski definition) is 4. The van der Waals surface area contributed by atoms with Crippen molar-refractivity contribution in [3.8, 4) is 0 Å². The Morgan fingerprint density at radius 2 is 1.56 bits per heavy atom. The summed E-state index contributed by atoms with van der Waals surface area (Å²) in [6.45, 7) is 11.2. The van der Waals surface area contributed by atoms with Gasteiger partial charge < -0.3 is 9.47 Å². The van der Waals surface area contributed by atoms with Crippen molar-refractivity contribution < 1.29 is 19.1 Å². The number of rotatable bonds is 5. The van der Waals surface area contributed by atoms with Crippen molar-refractivity contribution >= 4 is 11.9 Å². The van der Waals surface area contributed by atoms with Gasteiger partial charge >= 0.3 is 11.9 Å². The van der Waals surface area contributed by atoms with Crippen molar-refractivity contribution in [2.24, 2.45) is 17.8 Å². The average Bonchev–Trinajstić information content (AvgIpc) is 2.20. The van der Waals surface area contributed by atoms with E-state index in [0.29, 0.717) is 12.3 Å². The van der Waals surface area contributed by atoms with Crippen molar-refractivity contribution in [3.05, 3.63) is 0 Å². The van der Waals surface area contributed by atoms with E-state index >= 15 is 0 Å². The van der Waals surface area contributed by atoms with Gasteiger partial charge in [-0.25, -0.2) is 0 Å². The van der Waals surface area contributed by atoms with Crippen molar-refractivity contribution in [1.29, 1.82) is 0 Å². The van der Waals surface area contributed by atoms with E-state index in [1.165, 1.54) is 7.11 Å². The van der Waals surface area contributed by atoms with Crippen LogP contribution in [-0.2, 0) is 19.1 Å². The summed E-state index contributed by atoms with van der Waals surface area (Å²) >= 11 is 0. The molecule has 0 aromatic rings. The van der Waals surface area contributed by atoms with Gasteiger partial charge in [0.2, 0.25) is 0 Å². The maximum Gasteiger partial charge on any atom is 0.310 e. The smallest absolute Gasteiger partial charge is 0.310 e. The lowest BCUT2D eigenvalue weighted by Crippen LogP contribution is -2.35. The summed E-state index contributed by atoms with van der Waals surface area (Å²) in [5.41, 5.74) is -0.540. The zero-order chi connectivity index (χ0) is 14.5. The molecule has 0 aromatic heterocycles. The first kappa shape index (κ1) is 16.9. The van der Waals surface area contributed by atoms with Crippen LogP contribution in [-0.4, -0.2) is 24.6 Å². The molecule has 0 heterocycles. The lowest BCUT2D eigenvalue weighted by atomic mass is 9.86. The second-order valence-electron chi connectivity index (χ2n) is 6.08. The number of hydrogen-bond donors (Lipinski definition) is 0. The predicted molar refractivity (Wildman–Crippen MR) is 70.0 cm³/mol. The number of ether oxygens (including phenoxy) is 2. The minimum absolute atomic E-state index is 0.314. The molecule has 0 saturated carbocycles. The van der Waals surface area contributed by atoms with Crippen LogP contribution in [0.4, 0.5) is 0 Å². The standard InChI is InChI=1S/C14H26O4/c1-9(2)8-11(10(3)12(15)17-7)13(16)18-14(4,5)6/h9-11H,8H2,1-7H3. The molecule has 2 atom stereocenters. The van der Waals surface area contributed by atoms with E-state index in [0.717, 1.165) is 0 Å². The van der Waals surface area contributed by atoms with Crippen LogP contribution in [0.1, 0.15) is 48.0 Å². The summed E-state index contributed by atoms with van der Waals surface area (Å²) in [6.07, 6.45) is 0.616. The molecule has 0 aliphatic rings. The molecule has 0 amide bonds. The molecule has 0 fully saturated rings. The fourth-order valence-electron chi connectivity index (χ4n) is 1.74. The molecule has 2 unspecified atom stereocenters. The first-order valence-corrected chi connectivity index (χ1v) is 6.39. The van der Waals surface area contributed by atoms with Gasteiger partial charge in [0.1, 0.15) is 5.60 Å². The van der Waals surface area contributed by atoms with Crippen LogP contribution in [0.15, 0.2) is 0 Å².